The van der Waals surface area contributed by atoms with Crippen LogP contribution in [0.4, 0.5) is 5.69 Å². The number of benzene rings is 3. The summed E-state index contributed by atoms with van der Waals surface area (Å²) in [4.78, 5) is 29.0. The first kappa shape index (κ1) is 33.2. The fraction of sp³-hybridized carbons (Fsp3) is 0.355. The van der Waals surface area contributed by atoms with Gasteiger partial charge in [-0.15, -0.1) is 0 Å². The molecular weight excluding hydrogens is 597 g/mol. The van der Waals surface area contributed by atoms with E-state index in [1.165, 1.54) is 17.0 Å². The maximum atomic E-state index is 14.2. The first-order valence-electron chi connectivity index (χ1n) is 13.9. The summed E-state index contributed by atoms with van der Waals surface area (Å²) < 4.78 is 34.4. The molecule has 11 heteroatoms. The number of carbonyl (C=O) groups is 2. The quantitative estimate of drug-likeness (QED) is 0.224. The van der Waals surface area contributed by atoms with Gasteiger partial charge in [0.25, 0.3) is 10.0 Å². The lowest BCUT2D eigenvalue weighted by Gasteiger charge is -2.34. The topological polar surface area (TPSA) is 96.0 Å². The van der Waals surface area contributed by atoms with E-state index in [1.807, 2.05) is 20.8 Å². The van der Waals surface area contributed by atoms with Crippen molar-refractivity contribution in [3.8, 4) is 5.75 Å². The van der Waals surface area contributed by atoms with E-state index >= 15 is 0 Å². The molecule has 8 nitrogen and oxygen atoms in total. The Kier molecular flexibility index (Phi) is 12.1. The lowest BCUT2D eigenvalue weighted by Crippen LogP contribution is -2.53. The monoisotopic (exact) mass is 633 g/mol. The Labute approximate surface area is 258 Å². The van der Waals surface area contributed by atoms with Crippen molar-refractivity contribution in [2.24, 2.45) is 0 Å². The molecule has 0 aliphatic heterocycles. The van der Waals surface area contributed by atoms with Gasteiger partial charge in [0.1, 0.15) is 18.3 Å². The molecule has 0 saturated carbocycles. The average molecular weight is 635 g/mol. The largest absolute Gasteiger partial charge is 0.494 e. The third-order valence-electron chi connectivity index (χ3n) is 6.82. The number of amides is 2. The molecule has 1 N–H and O–H groups in total. The van der Waals surface area contributed by atoms with Gasteiger partial charge in [-0.3, -0.25) is 13.9 Å². The normalized spacial score (nSPS) is 12.7. The van der Waals surface area contributed by atoms with E-state index in [-0.39, 0.29) is 35.5 Å². The molecule has 0 aliphatic carbocycles. The summed E-state index contributed by atoms with van der Waals surface area (Å²) in [5.41, 5.74) is 0.728. The molecule has 0 heterocycles. The number of hydrogen-bond donors (Lipinski definition) is 1. The SMILES string of the molecule is CCOc1ccc(N(CC(=O)N(Cc2c(Cl)cccc2Cl)[C@@H](CC)C(=O)N[C@H](C)CC)S(=O)(=O)c2ccccc2)cc1. The van der Waals surface area contributed by atoms with Crippen molar-refractivity contribution in [3.63, 3.8) is 0 Å². The highest BCUT2D eigenvalue weighted by Gasteiger charge is 2.34. The van der Waals surface area contributed by atoms with Crippen LogP contribution in [0.15, 0.2) is 77.7 Å². The van der Waals surface area contributed by atoms with Gasteiger partial charge in [-0.2, -0.15) is 0 Å². The molecule has 42 heavy (non-hydrogen) atoms. The van der Waals surface area contributed by atoms with E-state index in [2.05, 4.69) is 5.32 Å². The van der Waals surface area contributed by atoms with Gasteiger partial charge in [0.2, 0.25) is 11.8 Å². The zero-order chi connectivity index (χ0) is 30.9. The fourth-order valence-electron chi connectivity index (χ4n) is 4.34. The third-order valence-corrected chi connectivity index (χ3v) is 9.32. The lowest BCUT2D eigenvalue weighted by molar-refractivity contribution is -0.140. The van der Waals surface area contributed by atoms with Gasteiger partial charge in [-0.1, -0.05) is 61.3 Å². The molecule has 226 valence electrons. The minimum atomic E-state index is -4.18. The first-order valence-corrected chi connectivity index (χ1v) is 16.1. The Morgan fingerprint density at radius 3 is 2.05 bits per heavy atom. The molecule has 0 saturated heterocycles. The molecule has 0 bridgehead atoms. The van der Waals surface area contributed by atoms with Gasteiger partial charge in [0.05, 0.1) is 17.2 Å². The van der Waals surface area contributed by atoms with Crippen molar-refractivity contribution in [2.45, 2.75) is 64.1 Å². The van der Waals surface area contributed by atoms with Crippen LogP contribution in [0.5, 0.6) is 5.75 Å². The highest BCUT2D eigenvalue weighted by atomic mass is 35.5. The second-order valence-corrected chi connectivity index (χ2v) is 12.4. The van der Waals surface area contributed by atoms with Crippen LogP contribution in [0.3, 0.4) is 0 Å². The Hall–Kier alpha value is -3.27. The number of sulfonamides is 1. The zero-order valence-electron chi connectivity index (χ0n) is 24.2. The number of ether oxygens (including phenoxy) is 1. The highest BCUT2D eigenvalue weighted by molar-refractivity contribution is 7.92. The van der Waals surface area contributed by atoms with Crippen LogP contribution >= 0.6 is 23.2 Å². The third kappa shape index (κ3) is 8.18. The van der Waals surface area contributed by atoms with Crippen molar-refractivity contribution in [1.29, 1.82) is 0 Å². The second kappa shape index (κ2) is 15.3. The first-order chi connectivity index (χ1) is 20.0. The number of carbonyl (C=O) groups excluding carboxylic acids is 2. The summed E-state index contributed by atoms with van der Waals surface area (Å²) in [7, 11) is -4.18. The molecule has 0 unspecified atom stereocenters. The maximum absolute atomic E-state index is 14.2. The Morgan fingerprint density at radius 2 is 1.50 bits per heavy atom. The molecule has 3 rings (SSSR count). The minimum absolute atomic E-state index is 0.0222. The number of nitrogens with one attached hydrogen (secondary N) is 1. The predicted octanol–water partition coefficient (Wildman–Crippen LogP) is 6.31. The van der Waals surface area contributed by atoms with Crippen LogP contribution in [0.25, 0.3) is 0 Å². The molecule has 0 spiro atoms. The van der Waals surface area contributed by atoms with Crippen molar-refractivity contribution in [3.05, 3.63) is 88.4 Å². The smallest absolute Gasteiger partial charge is 0.264 e. The maximum Gasteiger partial charge on any atom is 0.264 e. The number of nitrogens with zero attached hydrogens (tertiary/aromatic N) is 2. The standard InChI is InChI=1S/C31H37Cl2N3O5S/c1-5-22(4)34-31(38)29(6-2)35(20-26-27(32)14-11-15-28(26)33)30(37)21-36(23-16-18-24(19-17-23)41-7-3)42(39,40)25-12-9-8-10-13-25/h8-19,22,29H,5-7,20-21H2,1-4H3,(H,34,38)/t22-,29+/m1/s1. The molecule has 0 aliphatic rings. The summed E-state index contributed by atoms with van der Waals surface area (Å²) in [5, 5.41) is 3.61. The van der Waals surface area contributed by atoms with Gasteiger partial charge < -0.3 is 15.0 Å². The van der Waals surface area contributed by atoms with Crippen LogP contribution in [-0.4, -0.2) is 50.4 Å². The molecule has 0 fully saturated rings. The van der Waals surface area contributed by atoms with Crippen LogP contribution in [0.2, 0.25) is 10.0 Å². The summed E-state index contributed by atoms with van der Waals surface area (Å²) >= 11 is 12.9. The fourth-order valence-corrected chi connectivity index (χ4v) is 6.29. The van der Waals surface area contributed by atoms with Gasteiger partial charge in [0, 0.05) is 28.2 Å². The Morgan fingerprint density at radius 1 is 0.881 bits per heavy atom. The van der Waals surface area contributed by atoms with Crippen LogP contribution in [-0.2, 0) is 26.2 Å². The number of rotatable bonds is 14. The number of anilines is 1. The Bertz CT molecular complexity index is 1430. The van der Waals surface area contributed by atoms with E-state index < -0.39 is 28.5 Å². The van der Waals surface area contributed by atoms with Crippen molar-refractivity contribution >= 4 is 50.7 Å². The van der Waals surface area contributed by atoms with Crippen LogP contribution in [0, 0.1) is 0 Å². The van der Waals surface area contributed by atoms with Crippen LogP contribution in [0.1, 0.15) is 46.1 Å². The molecular formula is C31H37Cl2N3O5S. The zero-order valence-corrected chi connectivity index (χ0v) is 26.5. The van der Waals surface area contributed by atoms with E-state index in [1.54, 1.807) is 67.6 Å². The predicted molar refractivity (Wildman–Crippen MR) is 168 cm³/mol. The number of hydrogen-bond acceptors (Lipinski definition) is 5. The highest BCUT2D eigenvalue weighted by Crippen LogP contribution is 2.29. The molecule has 2 amide bonds. The lowest BCUT2D eigenvalue weighted by atomic mass is 10.1. The van der Waals surface area contributed by atoms with Crippen molar-refractivity contribution < 1.29 is 22.7 Å². The van der Waals surface area contributed by atoms with Gasteiger partial charge in [-0.25, -0.2) is 8.42 Å². The summed E-state index contributed by atoms with van der Waals surface area (Å²) in [6.45, 7) is 7.25. The molecule has 3 aromatic rings. The summed E-state index contributed by atoms with van der Waals surface area (Å²) in [5.74, 6) is -0.375. The minimum Gasteiger partial charge on any atom is -0.494 e. The van der Waals surface area contributed by atoms with E-state index in [0.29, 0.717) is 34.4 Å². The summed E-state index contributed by atoms with van der Waals surface area (Å²) in [6, 6.07) is 18.3. The van der Waals surface area contributed by atoms with Crippen molar-refractivity contribution in [1.82, 2.24) is 10.2 Å². The van der Waals surface area contributed by atoms with E-state index in [0.717, 1.165) is 4.31 Å². The molecule has 0 aromatic heterocycles. The summed E-state index contributed by atoms with van der Waals surface area (Å²) in [6.07, 6.45) is 0.984. The van der Waals surface area contributed by atoms with E-state index in [4.69, 9.17) is 27.9 Å². The average Bonchev–Trinajstić information content (AvgIpc) is 2.98. The molecule has 2 atom stereocenters. The Balaban J connectivity index is 2.09. The van der Waals surface area contributed by atoms with Gasteiger partial charge in [-0.05, 0) is 75.2 Å². The van der Waals surface area contributed by atoms with Crippen LogP contribution < -0.4 is 14.4 Å². The van der Waals surface area contributed by atoms with Gasteiger partial charge in [0.15, 0.2) is 0 Å². The van der Waals surface area contributed by atoms with Gasteiger partial charge >= 0.3 is 0 Å². The molecule has 3 aromatic carbocycles. The van der Waals surface area contributed by atoms with Crippen molar-refractivity contribution in [2.75, 3.05) is 17.5 Å². The number of halogens is 2. The second-order valence-electron chi connectivity index (χ2n) is 9.72. The van der Waals surface area contributed by atoms with E-state index in [9.17, 15) is 18.0 Å². The molecule has 0 radical (unpaired) electrons.